The Hall–Kier alpha value is -3.01. The van der Waals surface area contributed by atoms with Crippen LogP contribution in [0.4, 0.5) is 10.5 Å². The van der Waals surface area contributed by atoms with Crippen LogP contribution in [0.3, 0.4) is 0 Å². The van der Waals surface area contributed by atoms with Gasteiger partial charge in [-0.05, 0) is 71.3 Å². The molecule has 35 heavy (non-hydrogen) atoms. The maximum absolute atomic E-state index is 12.0. The highest BCUT2D eigenvalue weighted by Crippen LogP contribution is 2.30. The third-order valence-corrected chi connectivity index (χ3v) is 5.69. The molecule has 0 aliphatic carbocycles. The molecule has 1 heterocycles. The number of carbonyl (C=O) groups is 1. The number of ether oxygens (including phenoxy) is 3. The van der Waals surface area contributed by atoms with Gasteiger partial charge in [0.1, 0.15) is 0 Å². The Kier molecular flexibility index (Phi) is 11.1. The number of unbranched alkanes of at least 4 members (excludes halogenated alkanes) is 1. The van der Waals surface area contributed by atoms with E-state index >= 15 is 0 Å². The third-order valence-electron chi connectivity index (χ3n) is 5.44. The Morgan fingerprint density at radius 1 is 1.17 bits per heavy atom. The van der Waals surface area contributed by atoms with Crippen molar-refractivity contribution < 1.29 is 19.0 Å². The number of aryl methyl sites for hydroxylation is 2. The molecule has 194 valence electrons. The topological polar surface area (TPSA) is 89.9 Å². The Morgan fingerprint density at radius 3 is 2.57 bits per heavy atom. The van der Waals surface area contributed by atoms with Crippen molar-refractivity contribution >= 4 is 29.1 Å². The van der Waals surface area contributed by atoms with Crippen LogP contribution in [0.25, 0.3) is 0 Å². The molecule has 1 aromatic carbocycles. The summed E-state index contributed by atoms with van der Waals surface area (Å²) in [4.78, 5) is 17.9. The quantitative estimate of drug-likeness (QED) is 0.320. The Bertz CT molecular complexity index is 958. The smallest absolute Gasteiger partial charge is 0.409 e. The first kappa shape index (κ1) is 28.2. The zero-order valence-corrected chi connectivity index (χ0v) is 22.5. The number of nitrogens with one attached hydrogen (secondary N) is 2. The van der Waals surface area contributed by atoms with E-state index in [-0.39, 0.29) is 11.6 Å². The fraction of sp³-hybridized carbons (Fsp3) is 0.560. The molecule has 0 atom stereocenters. The number of rotatable bonds is 12. The maximum atomic E-state index is 12.0. The summed E-state index contributed by atoms with van der Waals surface area (Å²) in [6.07, 6.45) is 5.90. The van der Waals surface area contributed by atoms with E-state index in [1.54, 1.807) is 12.0 Å². The van der Waals surface area contributed by atoms with E-state index in [0.717, 1.165) is 43.7 Å². The summed E-state index contributed by atoms with van der Waals surface area (Å²) >= 11 is 5.41. The highest BCUT2D eigenvalue weighted by Gasteiger charge is 2.26. The molecule has 9 nitrogen and oxygen atoms in total. The number of hydrogen-bond acceptors (Lipinski definition) is 6. The summed E-state index contributed by atoms with van der Waals surface area (Å²) in [6.45, 7) is 10.8. The second kappa shape index (κ2) is 13.8. The molecule has 1 amide bonds. The number of nitrogens with zero attached hydrogens (tertiary/aromatic N) is 3. The predicted octanol–water partition coefficient (Wildman–Crippen LogP) is 4.60. The van der Waals surface area contributed by atoms with Gasteiger partial charge in [-0.3, -0.25) is 0 Å². The monoisotopic (exact) mass is 505 g/mol. The highest BCUT2D eigenvalue weighted by atomic mass is 32.1. The Morgan fingerprint density at radius 2 is 1.94 bits per heavy atom. The van der Waals surface area contributed by atoms with Gasteiger partial charge in [-0.1, -0.05) is 0 Å². The first-order valence-electron chi connectivity index (χ1n) is 11.8. The van der Waals surface area contributed by atoms with Crippen molar-refractivity contribution in [1.29, 1.82) is 0 Å². The standard InChI is InChI=1S/C25H39N5O4S/c1-19-17-26-18-29(19)13-9-12-27-23(35)28-20-10-11-21(22(16-20)32-5)34-15-8-7-14-30(24(31)33-6)25(2,3)4/h10-11,16-18H,7-9,12-15H2,1-6H3,(H2,27,28,35). The van der Waals surface area contributed by atoms with Crippen LogP contribution in [0.1, 0.15) is 45.7 Å². The van der Waals surface area contributed by atoms with Crippen molar-refractivity contribution in [1.82, 2.24) is 19.8 Å². The third kappa shape index (κ3) is 9.28. The summed E-state index contributed by atoms with van der Waals surface area (Å²) in [7, 11) is 3.01. The van der Waals surface area contributed by atoms with Crippen LogP contribution in [0, 0.1) is 6.92 Å². The number of benzene rings is 1. The molecule has 0 unspecified atom stereocenters. The average molecular weight is 506 g/mol. The molecular weight excluding hydrogens is 466 g/mol. The van der Waals surface area contributed by atoms with Crippen LogP contribution in [-0.2, 0) is 11.3 Å². The summed E-state index contributed by atoms with van der Waals surface area (Å²) < 4.78 is 18.4. The summed E-state index contributed by atoms with van der Waals surface area (Å²) in [5.41, 5.74) is 1.67. The zero-order valence-electron chi connectivity index (χ0n) is 21.7. The fourth-order valence-corrected chi connectivity index (χ4v) is 3.70. The van der Waals surface area contributed by atoms with Gasteiger partial charge < -0.3 is 34.3 Å². The number of anilines is 1. The van der Waals surface area contributed by atoms with Crippen LogP contribution in [-0.4, -0.2) is 65.1 Å². The molecule has 2 rings (SSSR count). The summed E-state index contributed by atoms with van der Waals surface area (Å²) in [5, 5.41) is 6.96. The average Bonchev–Trinajstić information content (AvgIpc) is 3.22. The van der Waals surface area contributed by atoms with Crippen LogP contribution < -0.4 is 20.1 Å². The summed E-state index contributed by atoms with van der Waals surface area (Å²) in [5.74, 6) is 1.28. The molecule has 0 aliphatic rings. The molecule has 0 fully saturated rings. The van der Waals surface area contributed by atoms with E-state index in [1.807, 2.05) is 58.4 Å². The van der Waals surface area contributed by atoms with Gasteiger partial charge in [0.2, 0.25) is 0 Å². The minimum atomic E-state index is -0.316. The number of amides is 1. The molecule has 0 bridgehead atoms. The number of hydrogen-bond donors (Lipinski definition) is 2. The van der Waals surface area contributed by atoms with Gasteiger partial charge >= 0.3 is 6.09 Å². The van der Waals surface area contributed by atoms with E-state index in [9.17, 15) is 4.79 Å². The van der Waals surface area contributed by atoms with Gasteiger partial charge in [-0.2, -0.15) is 0 Å². The normalized spacial score (nSPS) is 11.0. The van der Waals surface area contributed by atoms with Gasteiger partial charge in [0.05, 0.1) is 27.2 Å². The van der Waals surface area contributed by atoms with Gasteiger partial charge in [0.25, 0.3) is 0 Å². The van der Waals surface area contributed by atoms with Gasteiger partial charge in [-0.25, -0.2) is 9.78 Å². The molecule has 0 spiro atoms. The van der Waals surface area contributed by atoms with E-state index < -0.39 is 0 Å². The van der Waals surface area contributed by atoms with E-state index in [2.05, 4.69) is 20.2 Å². The van der Waals surface area contributed by atoms with Crippen molar-refractivity contribution in [3.05, 3.63) is 36.4 Å². The number of methoxy groups -OCH3 is 2. The number of aromatic nitrogens is 2. The molecule has 10 heteroatoms. The van der Waals surface area contributed by atoms with Crippen LogP contribution >= 0.6 is 12.2 Å². The molecule has 0 saturated carbocycles. The highest BCUT2D eigenvalue weighted by molar-refractivity contribution is 7.80. The predicted molar refractivity (Wildman–Crippen MR) is 142 cm³/mol. The maximum Gasteiger partial charge on any atom is 0.409 e. The minimum absolute atomic E-state index is 0.297. The van der Waals surface area contributed by atoms with Crippen LogP contribution in [0.5, 0.6) is 11.5 Å². The SMILES string of the molecule is COC(=O)N(CCCCOc1ccc(NC(=S)NCCCn2cncc2C)cc1OC)C(C)(C)C. The van der Waals surface area contributed by atoms with E-state index in [1.165, 1.54) is 7.11 Å². The number of imidazole rings is 1. The van der Waals surface area contributed by atoms with Crippen molar-refractivity contribution in [2.24, 2.45) is 0 Å². The molecule has 2 N–H and O–H groups in total. The van der Waals surface area contributed by atoms with E-state index in [4.69, 9.17) is 26.4 Å². The lowest BCUT2D eigenvalue weighted by Crippen LogP contribution is -2.46. The lowest BCUT2D eigenvalue weighted by molar-refractivity contribution is 0.0818. The zero-order chi connectivity index (χ0) is 25.8. The largest absolute Gasteiger partial charge is 0.493 e. The molecule has 0 aliphatic heterocycles. The first-order valence-corrected chi connectivity index (χ1v) is 12.2. The van der Waals surface area contributed by atoms with E-state index in [0.29, 0.717) is 29.8 Å². The molecular formula is C25H39N5O4S. The number of thiocarbonyl (C=S) groups is 1. The molecule has 0 saturated heterocycles. The van der Waals surface area contributed by atoms with Gasteiger partial charge in [0, 0.05) is 48.8 Å². The van der Waals surface area contributed by atoms with Crippen molar-refractivity contribution in [2.75, 3.05) is 39.2 Å². The Balaban J connectivity index is 1.75. The first-order chi connectivity index (χ1) is 16.7. The Labute approximate surface area is 214 Å². The van der Waals surface area contributed by atoms with Crippen LogP contribution in [0.2, 0.25) is 0 Å². The lowest BCUT2D eigenvalue weighted by atomic mass is 10.1. The second-order valence-electron chi connectivity index (χ2n) is 9.18. The molecule has 1 aromatic heterocycles. The fourth-order valence-electron chi connectivity index (χ4n) is 3.48. The van der Waals surface area contributed by atoms with Gasteiger partial charge in [0.15, 0.2) is 16.6 Å². The van der Waals surface area contributed by atoms with Gasteiger partial charge in [-0.15, -0.1) is 0 Å². The molecule has 0 radical (unpaired) electrons. The lowest BCUT2D eigenvalue weighted by Gasteiger charge is -2.34. The minimum Gasteiger partial charge on any atom is -0.493 e. The second-order valence-corrected chi connectivity index (χ2v) is 9.58. The molecule has 2 aromatic rings. The van der Waals surface area contributed by atoms with Crippen molar-refractivity contribution in [3.63, 3.8) is 0 Å². The van der Waals surface area contributed by atoms with Crippen molar-refractivity contribution in [3.8, 4) is 11.5 Å². The van der Waals surface area contributed by atoms with Crippen LogP contribution in [0.15, 0.2) is 30.7 Å². The van der Waals surface area contributed by atoms with Crippen molar-refractivity contribution in [2.45, 2.75) is 59.0 Å². The summed E-state index contributed by atoms with van der Waals surface area (Å²) in [6, 6.07) is 5.62. The number of carbonyl (C=O) groups excluding carboxylic acids is 1.